The molecule has 1 unspecified atom stereocenters. The van der Waals surface area contributed by atoms with Gasteiger partial charge in [0.1, 0.15) is 5.38 Å². The Hall–Kier alpha value is 0.190. The lowest BCUT2D eigenvalue weighted by Crippen LogP contribution is -2.33. The zero-order chi connectivity index (χ0) is 22.4. The predicted octanol–water partition coefficient (Wildman–Crippen LogP) is 8.34. The Morgan fingerprint density at radius 2 is 1.38 bits per heavy atom. The predicted molar refractivity (Wildman–Crippen MR) is 121 cm³/mol. The lowest BCUT2D eigenvalue weighted by molar-refractivity contribution is 0.0347. The molecule has 0 heterocycles. The van der Waals surface area contributed by atoms with Crippen molar-refractivity contribution in [2.45, 2.75) is 55.8 Å². The van der Waals surface area contributed by atoms with Crippen molar-refractivity contribution in [1.82, 2.24) is 0 Å². The van der Waals surface area contributed by atoms with Gasteiger partial charge in [0.25, 0.3) is 4.52 Å². The smallest absolute Gasteiger partial charge is 0.343 e. The van der Waals surface area contributed by atoms with Gasteiger partial charge in [-0.3, -0.25) is 0 Å². The van der Waals surface area contributed by atoms with Crippen LogP contribution in [0.5, 0.6) is 0 Å². The van der Waals surface area contributed by atoms with Crippen molar-refractivity contribution in [2.75, 3.05) is 6.61 Å². The number of alkyl halides is 3. The molecule has 4 nitrogen and oxygen atoms in total. The molecule has 0 aliphatic rings. The number of hydrogen-bond acceptors (Lipinski definition) is 4. The maximum atomic E-state index is 12.8. The summed E-state index contributed by atoms with van der Waals surface area (Å²) in [5.41, 5.74) is -0.851. The van der Waals surface area contributed by atoms with E-state index in [1.807, 2.05) is 13.8 Å². The third kappa shape index (κ3) is 7.10. The number of halogens is 7. The van der Waals surface area contributed by atoms with Gasteiger partial charge < -0.3 is 9.47 Å². The van der Waals surface area contributed by atoms with Crippen LogP contribution in [0.3, 0.4) is 0 Å². The van der Waals surface area contributed by atoms with Gasteiger partial charge in [-0.1, -0.05) is 103 Å². The molecular weight excluding hydrogens is 528 g/mol. The van der Waals surface area contributed by atoms with Crippen molar-refractivity contribution in [1.29, 1.82) is 0 Å². The Bertz CT molecular complexity index is 752. The zero-order valence-corrected chi connectivity index (χ0v) is 20.9. The van der Waals surface area contributed by atoms with Crippen molar-refractivity contribution < 1.29 is 19.1 Å². The third-order valence-corrected chi connectivity index (χ3v) is 7.02. The molecule has 0 bridgehead atoms. The molecule has 1 aromatic carbocycles. The largest absolute Gasteiger partial charge is 0.462 e. The van der Waals surface area contributed by atoms with Gasteiger partial charge in [0.15, 0.2) is 0 Å². The molecule has 1 atom stereocenters. The van der Waals surface area contributed by atoms with E-state index in [1.165, 1.54) is 0 Å². The number of carbonyl (C=O) groups excluding carboxylic acids is 2. The minimum atomic E-state index is -2.08. The second kappa shape index (κ2) is 12.3. The number of rotatable bonds is 10. The lowest BCUT2D eigenvalue weighted by Gasteiger charge is -2.25. The van der Waals surface area contributed by atoms with E-state index in [2.05, 4.69) is 0 Å². The number of esters is 2. The molecule has 0 spiro atoms. The molecule has 0 radical (unpaired) electrons. The van der Waals surface area contributed by atoms with Crippen LogP contribution in [0.25, 0.3) is 0 Å². The van der Waals surface area contributed by atoms with Crippen LogP contribution in [0, 0.1) is 0 Å². The standard InChI is InChI=1S/C18H19Cl7O4/c1-3-5-6-8-28-16(26)10-11(13(21)15(23)14(22)12(10)20)17(27)29-18(24,25)9(19)7-4-2/h9H,3-8H2,1-2H3. The molecular formula is C18H19Cl7O4. The van der Waals surface area contributed by atoms with Gasteiger partial charge in [-0.15, -0.1) is 11.6 Å². The molecule has 0 fully saturated rings. The van der Waals surface area contributed by atoms with Gasteiger partial charge in [-0.25, -0.2) is 9.59 Å². The van der Waals surface area contributed by atoms with Crippen LogP contribution in [0.2, 0.25) is 20.1 Å². The molecule has 0 aliphatic carbocycles. The topological polar surface area (TPSA) is 52.6 Å². The number of benzene rings is 1. The van der Waals surface area contributed by atoms with Crippen molar-refractivity contribution in [3.63, 3.8) is 0 Å². The molecule has 29 heavy (non-hydrogen) atoms. The van der Waals surface area contributed by atoms with Crippen LogP contribution in [0.1, 0.15) is 66.7 Å². The van der Waals surface area contributed by atoms with Crippen LogP contribution in [-0.4, -0.2) is 28.4 Å². The molecule has 0 aliphatic heterocycles. The van der Waals surface area contributed by atoms with Gasteiger partial charge in [-0.05, 0) is 12.8 Å². The van der Waals surface area contributed by atoms with Gasteiger partial charge in [-0.2, -0.15) is 0 Å². The molecule has 1 rings (SSSR count). The Morgan fingerprint density at radius 1 is 0.862 bits per heavy atom. The average molecular weight is 548 g/mol. The normalized spacial score (nSPS) is 12.6. The lowest BCUT2D eigenvalue weighted by atomic mass is 10.1. The van der Waals surface area contributed by atoms with E-state index in [0.29, 0.717) is 19.3 Å². The SMILES string of the molecule is CCCCCOC(=O)c1c(Cl)c(Cl)c(Cl)c(Cl)c1C(=O)OC(Cl)(Cl)C(Cl)CCC. The van der Waals surface area contributed by atoms with E-state index in [0.717, 1.165) is 12.8 Å². The van der Waals surface area contributed by atoms with E-state index in [4.69, 9.17) is 90.7 Å². The molecule has 0 N–H and O–H groups in total. The summed E-state index contributed by atoms with van der Waals surface area (Å²) in [5, 5.41) is -2.02. The number of hydrogen-bond donors (Lipinski definition) is 0. The Kier molecular flexibility index (Phi) is 11.5. The first kappa shape index (κ1) is 27.2. The van der Waals surface area contributed by atoms with Crippen LogP contribution in [0.15, 0.2) is 0 Å². The summed E-state index contributed by atoms with van der Waals surface area (Å²) in [6.07, 6.45) is 3.42. The van der Waals surface area contributed by atoms with Crippen molar-refractivity contribution in [3.05, 3.63) is 31.2 Å². The maximum absolute atomic E-state index is 12.8. The number of unbranched alkanes of at least 4 members (excludes halogenated alkanes) is 2. The zero-order valence-electron chi connectivity index (χ0n) is 15.6. The second-order valence-electron chi connectivity index (χ2n) is 6.06. The number of ether oxygens (including phenoxy) is 2. The summed E-state index contributed by atoms with van der Waals surface area (Å²) in [6, 6.07) is 0. The highest BCUT2D eigenvalue weighted by molar-refractivity contribution is 6.54. The fraction of sp³-hybridized carbons (Fsp3) is 0.556. The van der Waals surface area contributed by atoms with Crippen molar-refractivity contribution >= 4 is 93.1 Å². The first-order valence-corrected chi connectivity index (χ1v) is 11.5. The summed E-state index contributed by atoms with van der Waals surface area (Å²) in [6.45, 7) is 3.96. The van der Waals surface area contributed by atoms with Gasteiger partial charge in [0.05, 0.1) is 37.8 Å². The quantitative estimate of drug-likeness (QED) is 0.0972. The molecule has 1 aromatic rings. The van der Waals surface area contributed by atoms with E-state index < -0.39 is 33.0 Å². The van der Waals surface area contributed by atoms with E-state index >= 15 is 0 Å². The fourth-order valence-electron chi connectivity index (χ4n) is 2.26. The fourth-order valence-corrected chi connectivity index (χ4v) is 3.89. The number of carbonyl (C=O) groups is 2. The summed E-state index contributed by atoms with van der Waals surface area (Å²) in [4.78, 5) is 25.4. The van der Waals surface area contributed by atoms with E-state index in [-0.39, 0.29) is 26.7 Å². The van der Waals surface area contributed by atoms with Crippen molar-refractivity contribution in [2.24, 2.45) is 0 Å². The van der Waals surface area contributed by atoms with Crippen LogP contribution < -0.4 is 0 Å². The molecule has 0 amide bonds. The molecule has 0 saturated carbocycles. The van der Waals surface area contributed by atoms with Gasteiger partial charge >= 0.3 is 11.9 Å². The van der Waals surface area contributed by atoms with Crippen LogP contribution >= 0.6 is 81.2 Å². The Balaban J connectivity index is 3.33. The molecule has 0 aromatic heterocycles. The highest BCUT2D eigenvalue weighted by atomic mass is 35.5. The minimum Gasteiger partial charge on any atom is -0.462 e. The van der Waals surface area contributed by atoms with Crippen LogP contribution in [0.4, 0.5) is 0 Å². The first-order valence-electron chi connectivity index (χ1n) is 8.77. The summed E-state index contributed by atoms with van der Waals surface area (Å²) in [5.74, 6) is -2.06. The van der Waals surface area contributed by atoms with E-state index in [1.54, 1.807) is 0 Å². The van der Waals surface area contributed by atoms with Crippen molar-refractivity contribution in [3.8, 4) is 0 Å². The van der Waals surface area contributed by atoms with E-state index in [9.17, 15) is 9.59 Å². The van der Waals surface area contributed by atoms with Gasteiger partial charge in [0, 0.05) is 0 Å². The van der Waals surface area contributed by atoms with Crippen LogP contribution in [-0.2, 0) is 9.47 Å². The summed E-state index contributed by atoms with van der Waals surface area (Å²) < 4.78 is 8.21. The Morgan fingerprint density at radius 3 is 1.86 bits per heavy atom. The average Bonchev–Trinajstić information content (AvgIpc) is 2.65. The third-order valence-electron chi connectivity index (χ3n) is 3.79. The molecule has 11 heteroatoms. The Labute approximate surface area is 204 Å². The highest BCUT2D eigenvalue weighted by Gasteiger charge is 2.40. The summed E-state index contributed by atoms with van der Waals surface area (Å²) >= 11 is 42.6. The van der Waals surface area contributed by atoms with Gasteiger partial charge in [0.2, 0.25) is 0 Å². The first-order chi connectivity index (χ1) is 13.5. The monoisotopic (exact) mass is 544 g/mol. The second-order valence-corrected chi connectivity index (χ2v) is 9.41. The molecule has 0 saturated heterocycles. The minimum absolute atomic E-state index is 0.116. The highest BCUT2D eigenvalue weighted by Crippen LogP contribution is 2.43. The maximum Gasteiger partial charge on any atom is 0.343 e. The summed E-state index contributed by atoms with van der Waals surface area (Å²) in [7, 11) is 0. The molecule has 164 valence electrons.